The number of imide groups is 2. The fourth-order valence-corrected chi connectivity index (χ4v) is 4.71. The monoisotopic (exact) mass is 525 g/mol. The average Bonchev–Trinajstić information content (AvgIpc) is 2.87. The van der Waals surface area contributed by atoms with Crippen LogP contribution < -0.4 is 20.1 Å². The summed E-state index contributed by atoms with van der Waals surface area (Å²) in [7, 11) is 0. The van der Waals surface area contributed by atoms with Crippen molar-refractivity contribution < 1.29 is 28.7 Å². The van der Waals surface area contributed by atoms with E-state index in [1.54, 1.807) is 37.3 Å². The zero-order valence-electron chi connectivity index (χ0n) is 20.4. The molecule has 2 N–H and O–H groups in total. The molecule has 5 amide bonds. The van der Waals surface area contributed by atoms with E-state index in [-0.39, 0.29) is 47.3 Å². The summed E-state index contributed by atoms with van der Waals surface area (Å²) in [6, 6.07) is 11.1. The van der Waals surface area contributed by atoms with Gasteiger partial charge in [-0.3, -0.25) is 24.6 Å². The number of carbonyl (C=O) groups is 4. The van der Waals surface area contributed by atoms with Gasteiger partial charge in [0.05, 0.1) is 11.6 Å². The zero-order chi connectivity index (χ0) is 26.4. The molecule has 2 aliphatic rings. The first-order valence-electron chi connectivity index (χ1n) is 12.2. The summed E-state index contributed by atoms with van der Waals surface area (Å²) >= 11 is 6.46. The molecule has 194 valence electrons. The number of anilines is 1. The Kier molecular flexibility index (Phi) is 8.45. The van der Waals surface area contributed by atoms with Gasteiger partial charge in [0, 0.05) is 11.7 Å². The number of carbonyl (C=O) groups excluding carboxylic acids is 4. The van der Waals surface area contributed by atoms with E-state index < -0.39 is 17.8 Å². The highest BCUT2D eigenvalue weighted by Crippen LogP contribution is 2.38. The van der Waals surface area contributed by atoms with Crippen LogP contribution in [-0.4, -0.2) is 47.9 Å². The van der Waals surface area contributed by atoms with Crippen LogP contribution >= 0.6 is 11.6 Å². The van der Waals surface area contributed by atoms with Crippen LogP contribution in [0.15, 0.2) is 48.0 Å². The second-order valence-electron chi connectivity index (χ2n) is 8.75. The van der Waals surface area contributed by atoms with E-state index in [1.807, 2.05) is 6.07 Å². The largest absolute Gasteiger partial charge is 0.490 e. The van der Waals surface area contributed by atoms with Gasteiger partial charge in [-0.15, -0.1) is 0 Å². The molecular weight excluding hydrogens is 498 g/mol. The van der Waals surface area contributed by atoms with E-state index in [9.17, 15) is 19.2 Å². The smallest absolute Gasteiger partial charge is 0.331 e. The lowest BCUT2D eigenvalue weighted by atomic mass is 9.93. The fraction of sp³-hybridized carbons (Fsp3) is 0.333. The first-order chi connectivity index (χ1) is 17.9. The van der Waals surface area contributed by atoms with Crippen LogP contribution in [0.1, 0.15) is 44.6 Å². The summed E-state index contributed by atoms with van der Waals surface area (Å²) in [6.45, 7) is 1.75. The third kappa shape index (κ3) is 6.29. The lowest BCUT2D eigenvalue weighted by molar-refractivity contribution is -0.132. The number of rotatable bonds is 8. The van der Waals surface area contributed by atoms with Gasteiger partial charge in [-0.2, -0.15) is 0 Å². The van der Waals surface area contributed by atoms with Crippen molar-refractivity contribution in [3.05, 3.63) is 58.6 Å². The minimum Gasteiger partial charge on any atom is -0.490 e. The van der Waals surface area contributed by atoms with E-state index in [0.717, 1.165) is 24.2 Å². The van der Waals surface area contributed by atoms with E-state index >= 15 is 0 Å². The summed E-state index contributed by atoms with van der Waals surface area (Å²) in [6.07, 6.45) is 5.71. The standard InChI is InChI=1S/C27H28ClN3O6/c1-2-36-22-15-17(14-21(28)24(22)37-16-23(32)29-18-9-5-3-6-10-18)13-20-25(33)30-27(35)31(26(20)34)19-11-7-4-8-12-19/h3,5-6,9-10,13-15,19H,2,4,7-8,11-12,16H2,1H3,(H,29,32)(H,30,33,35). The van der Waals surface area contributed by atoms with Gasteiger partial charge in [0.1, 0.15) is 5.57 Å². The molecule has 0 unspecified atom stereocenters. The molecule has 10 heteroatoms. The number of hydrogen-bond acceptors (Lipinski definition) is 6. The van der Waals surface area contributed by atoms with Gasteiger partial charge in [0.25, 0.3) is 17.7 Å². The van der Waals surface area contributed by atoms with Gasteiger partial charge in [-0.1, -0.05) is 49.1 Å². The predicted octanol–water partition coefficient (Wildman–Crippen LogP) is 4.55. The summed E-state index contributed by atoms with van der Waals surface area (Å²) in [5.74, 6) is -1.37. The minimum atomic E-state index is -0.769. The predicted molar refractivity (Wildman–Crippen MR) is 138 cm³/mol. The van der Waals surface area contributed by atoms with Gasteiger partial charge in [-0.05, 0) is 55.7 Å². The number of halogens is 1. The van der Waals surface area contributed by atoms with E-state index in [2.05, 4.69) is 10.6 Å². The Bertz CT molecular complexity index is 1220. The first-order valence-corrected chi connectivity index (χ1v) is 12.6. The highest BCUT2D eigenvalue weighted by Gasteiger charge is 2.40. The number of para-hydroxylation sites is 1. The van der Waals surface area contributed by atoms with Gasteiger partial charge < -0.3 is 14.8 Å². The lowest BCUT2D eigenvalue weighted by Gasteiger charge is -2.35. The fourth-order valence-electron chi connectivity index (χ4n) is 4.44. The van der Waals surface area contributed by atoms with Crippen molar-refractivity contribution in [1.29, 1.82) is 0 Å². The van der Waals surface area contributed by atoms with Crippen molar-refractivity contribution >= 4 is 47.1 Å². The van der Waals surface area contributed by atoms with Crippen molar-refractivity contribution in [3.63, 3.8) is 0 Å². The van der Waals surface area contributed by atoms with Gasteiger partial charge in [0.15, 0.2) is 18.1 Å². The Morgan fingerprint density at radius 2 is 1.84 bits per heavy atom. The van der Waals surface area contributed by atoms with Crippen molar-refractivity contribution in [2.45, 2.75) is 45.1 Å². The van der Waals surface area contributed by atoms with Crippen LogP contribution in [0, 0.1) is 0 Å². The van der Waals surface area contributed by atoms with Gasteiger partial charge >= 0.3 is 6.03 Å². The average molecular weight is 526 g/mol. The maximum atomic E-state index is 13.2. The topological polar surface area (TPSA) is 114 Å². The second kappa shape index (κ2) is 11.9. The summed E-state index contributed by atoms with van der Waals surface area (Å²) in [5, 5.41) is 5.13. The van der Waals surface area contributed by atoms with Crippen molar-refractivity contribution in [1.82, 2.24) is 10.2 Å². The first kappa shape index (κ1) is 26.2. The minimum absolute atomic E-state index is 0.134. The number of amides is 5. The molecule has 1 saturated heterocycles. The molecule has 0 spiro atoms. The Balaban J connectivity index is 1.55. The Labute approximate surface area is 219 Å². The Morgan fingerprint density at radius 1 is 1.11 bits per heavy atom. The van der Waals surface area contributed by atoms with Crippen molar-refractivity contribution in [3.8, 4) is 11.5 Å². The number of nitrogens with one attached hydrogen (secondary N) is 2. The summed E-state index contributed by atoms with van der Waals surface area (Å²) in [5.41, 5.74) is 0.871. The van der Waals surface area contributed by atoms with Crippen LogP contribution in [0.25, 0.3) is 6.08 Å². The molecule has 0 radical (unpaired) electrons. The van der Waals surface area contributed by atoms with Crippen LogP contribution in [0.3, 0.4) is 0 Å². The van der Waals surface area contributed by atoms with E-state index in [1.165, 1.54) is 12.1 Å². The SMILES string of the molecule is CCOc1cc(C=C2C(=O)NC(=O)N(C3CCCCC3)C2=O)cc(Cl)c1OCC(=O)Nc1ccccc1. The Morgan fingerprint density at radius 3 is 2.54 bits per heavy atom. The number of urea groups is 1. The Hall–Kier alpha value is -3.85. The molecule has 2 aromatic rings. The van der Waals surface area contributed by atoms with Crippen LogP contribution in [0.5, 0.6) is 11.5 Å². The number of ether oxygens (including phenoxy) is 2. The molecule has 9 nitrogen and oxygen atoms in total. The van der Waals surface area contributed by atoms with Crippen LogP contribution in [-0.2, 0) is 14.4 Å². The number of nitrogens with zero attached hydrogens (tertiary/aromatic N) is 1. The van der Waals surface area contributed by atoms with Crippen molar-refractivity contribution in [2.75, 3.05) is 18.5 Å². The molecule has 0 bridgehead atoms. The molecule has 1 saturated carbocycles. The molecule has 1 aliphatic heterocycles. The van der Waals surface area contributed by atoms with Crippen LogP contribution in [0.4, 0.5) is 10.5 Å². The van der Waals surface area contributed by atoms with Gasteiger partial charge in [0.2, 0.25) is 0 Å². The maximum Gasteiger partial charge on any atom is 0.331 e. The molecular formula is C27H28ClN3O6. The number of hydrogen-bond donors (Lipinski definition) is 2. The summed E-state index contributed by atoms with van der Waals surface area (Å²) < 4.78 is 11.3. The molecule has 0 atom stereocenters. The van der Waals surface area contributed by atoms with E-state index in [4.69, 9.17) is 21.1 Å². The molecule has 1 heterocycles. The zero-order valence-corrected chi connectivity index (χ0v) is 21.2. The molecule has 1 aliphatic carbocycles. The molecule has 37 heavy (non-hydrogen) atoms. The highest BCUT2D eigenvalue weighted by atomic mass is 35.5. The molecule has 4 rings (SSSR count). The highest BCUT2D eigenvalue weighted by molar-refractivity contribution is 6.33. The second-order valence-corrected chi connectivity index (χ2v) is 9.16. The summed E-state index contributed by atoms with van der Waals surface area (Å²) in [4.78, 5) is 51.7. The number of benzene rings is 2. The van der Waals surface area contributed by atoms with Crippen molar-refractivity contribution in [2.24, 2.45) is 0 Å². The quantitative estimate of drug-likeness (QED) is 0.386. The third-order valence-electron chi connectivity index (χ3n) is 6.12. The molecule has 2 fully saturated rings. The molecule has 2 aromatic carbocycles. The number of barbiturate groups is 1. The maximum absolute atomic E-state index is 13.2. The third-order valence-corrected chi connectivity index (χ3v) is 6.40. The van der Waals surface area contributed by atoms with Gasteiger partial charge in [-0.25, -0.2) is 4.79 Å². The normalized spacial score (nSPS) is 17.5. The molecule has 0 aromatic heterocycles. The van der Waals surface area contributed by atoms with Crippen LogP contribution in [0.2, 0.25) is 5.02 Å². The van der Waals surface area contributed by atoms with E-state index in [0.29, 0.717) is 24.1 Å². The lowest BCUT2D eigenvalue weighted by Crippen LogP contribution is -2.58.